The van der Waals surface area contributed by atoms with Crippen molar-refractivity contribution in [2.75, 3.05) is 40.9 Å². The predicted molar refractivity (Wildman–Crippen MR) is 85.6 cm³/mol. The second kappa shape index (κ2) is 7.68. The number of nitrogens with one attached hydrogen (secondary N) is 1. The van der Waals surface area contributed by atoms with E-state index >= 15 is 0 Å². The first-order valence-electron chi connectivity index (χ1n) is 7.40. The zero-order valence-electron chi connectivity index (χ0n) is 13.4. The molecule has 6 nitrogen and oxygen atoms in total. The monoisotopic (exact) mass is 305 g/mol. The lowest BCUT2D eigenvalue weighted by atomic mass is 10.1. The van der Waals surface area contributed by atoms with Crippen LogP contribution in [0.2, 0.25) is 0 Å². The predicted octanol–water partition coefficient (Wildman–Crippen LogP) is 1.31. The van der Waals surface area contributed by atoms with Crippen molar-refractivity contribution < 1.29 is 14.3 Å². The Morgan fingerprint density at radius 2 is 2.23 bits per heavy atom. The largest absolute Gasteiger partial charge is 0.496 e. The first-order chi connectivity index (χ1) is 10.7. The van der Waals surface area contributed by atoms with Gasteiger partial charge in [-0.05, 0) is 30.5 Å². The molecule has 0 spiro atoms. The Bertz CT molecular complexity index is 558. The van der Waals surface area contributed by atoms with Crippen molar-refractivity contribution in [1.82, 2.24) is 10.2 Å². The van der Waals surface area contributed by atoms with Gasteiger partial charge in [0.25, 0.3) is 0 Å². The Morgan fingerprint density at radius 3 is 2.91 bits per heavy atom. The van der Waals surface area contributed by atoms with Crippen LogP contribution in [-0.2, 0) is 11.2 Å². The smallest absolute Gasteiger partial charge is 0.337 e. The van der Waals surface area contributed by atoms with Gasteiger partial charge in [-0.25, -0.2) is 4.79 Å². The maximum absolute atomic E-state index is 11.5. The average molecular weight is 305 g/mol. The standard InChI is InChI=1S/C16H23N3O3/c1-19-10-4-8-17-16(19)18-9-7-12-5-6-13(15(20)22-3)11-14(12)21-2/h5-6,11H,4,7-10H2,1-3H3,(H,17,18). The molecule has 0 aliphatic carbocycles. The van der Waals surface area contributed by atoms with Gasteiger partial charge in [-0.3, -0.25) is 4.99 Å². The number of rotatable bonds is 5. The summed E-state index contributed by atoms with van der Waals surface area (Å²) in [5.41, 5.74) is 1.54. The van der Waals surface area contributed by atoms with Gasteiger partial charge in [0.1, 0.15) is 5.75 Å². The van der Waals surface area contributed by atoms with E-state index in [1.807, 2.05) is 13.1 Å². The Kier molecular flexibility index (Phi) is 5.63. The molecule has 22 heavy (non-hydrogen) atoms. The molecule has 1 heterocycles. The highest BCUT2D eigenvalue weighted by molar-refractivity contribution is 5.89. The highest BCUT2D eigenvalue weighted by Crippen LogP contribution is 2.21. The number of carbonyl (C=O) groups is 1. The number of ether oxygens (including phenoxy) is 2. The molecule has 0 aromatic heterocycles. The van der Waals surface area contributed by atoms with E-state index in [9.17, 15) is 4.79 Å². The SMILES string of the molecule is COC(=O)c1ccc(CCNC2=NCCCN2C)c(OC)c1. The molecule has 2 rings (SSSR count). The van der Waals surface area contributed by atoms with E-state index in [0.717, 1.165) is 44.0 Å². The van der Waals surface area contributed by atoms with Gasteiger partial charge < -0.3 is 19.7 Å². The minimum absolute atomic E-state index is 0.360. The molecule has 0 amide bonds. The molecule has 1 aromatic carbocycles. The second-order valence-corrected chi connectivity index (χ2v) is 5.18. The molecule has 1 aliphatic rings. The van der Waals surface area contributed by atoms with Crippen LogP contribution >= 0.6 is 0 Å². The van der Waals surface area contributed by atoms with Crippen molar-refractivity contribution in [3.05, 3.63) is 29.3 Å². The Hall–Kier alpha value is -2.24. The molecule has 0 radical (unpaired) electrons. The van der Waals surface area contributed by atoms with E-state index in [-0.39, 0.29) is 5.97 Å². The maximum atomic E-state index is 11.5. The van der Waals surface area contributed by atoms with E-state index in [1.165, 1.54) is 7.11 Å². The Labute approximate surface area is 131 Å². The van der Waals surface area contributed by atoms with E-state index in [4.69, 9.17) is 9.47 Å². The first-order valence-corrected chi connectivity index (χ1v) is 7.40. The van der Waals surface area contributed by atoms with Crippen LogP contribution in [-0.4, -0.2) is 57.7 Å². The normalized spacial score (nSPS) is 14.3. The number of benzene rings is 1. The molecule has 0 atom stereocenters. The summed E-state index contributed by atoms with van der Waals surface area (Å²) in [6.07, 6.45) is 1.89. The number of nitrogens with zero attached hydrogens (tertiary/aromatic N) is 2. The highest BCUT2D eigenvalue weighted by Gasteiger charge is 2.12. The van der Waals surface area contributed by atoms with Crippen molar-refractivity contribution in [3.63, 3.8) is 0 Å². The van der Waals surface area contributed by atoms with Gasteiger partial charge in [0.2, 0.25) is 0 Å². The van der Waals surface area contributed by atoms with Gasteiger partial charge in [0, 0.05) is 26.7 Å². The van der Waals surface area contributed by atoms with Crippen LogP contribution in [0.15, 0.2) is 23.2 Å². The number of hydrogen-bond donors (Lipinski definition) is 1. The van der Waals surface area contributed by atoms with Gasteiger partial charge in [-0.15, -0.1) is 0 Å². The molecule has 6 heteroatoms. The number of carbonyl (C=O) groups excluding carboxylic acids is 1. The molecule has 0 saturated heterocycles. The van der Waals surface area contributed by atoms with E-state index in [1.54, 1.807) is 19.2 Å². The summed E-state index contributed by atoms with van der Waals surface area (Å²) >= 11 is 0. The number of methoxy groups -OCH3 is 2. The van der Waals surface area contributed by atoms with Crippen molar-refractivity contribution in [1.29, 1.82) is 0 Å². The summed E-state index contributed by atoms with van der Waals surface area (Å²) in [5, 5.41) is 3.35. The molecule has 0 unspecified atom stereocenters. The fourth-order valence-corrected chi connectivity index (χ4v) is 2.42. The highest BCUT2D eigenvalue weighted by atomic mass is 16.5. The van der Waals surface area contributed by atoms with Crippen LogP contribution in [0, 0.1) is 0 Å². The Balaban J connectivity index is 1.97. The third-order valence-electron chi connectivity index (χ3n) is 3.66. The van der Waals surface area contributed by atoms with Crippen molar-refractivity contribution >= 4 is 11.9 Å². The van der Waals surface area contributed by atoms with Gasteiger partial charge in [-0.2, -0.15) is 0 Å². The lowest BCUT2D eigenvalue weighted by molar-refractivity contribution is 0.0600. The summed E-state index contributed by atoms with van der Waals surface area (Å²) in [4.78, 5) is 18.1. The minimum Gasteiger partial charge on any atom is -0.496 e. The van der Waals surface area contributed by atoms with Crippen LogP contribution in [0.4, 0.5) is 0 Å². The molecule has 120 valence electrons. The van der Waals surface area contributed by atoms with Crippen molar-refractivity contribution in [3.8, 4) is 5.75 Å². The van der Waals surface area contributed by atoms with Crippen molar-refractivity contribution in [2.24, 2.45) is 4.99 Å². The van der Waals surface area contributed by atoms with Gasteiger partial charge in [0.05, 0.1) is 19.8 Å². The summed E-state index contributed by atoms with van der Waals surface area (Å²) < 4.78 is 10.1. The van der Waals surface area contributed by atoms with E-state index in [2.05, 4.69) is 15.2 Å². The summed E-state index contributed by atoms with van der Waals surface area (Å²) in [7, 11) is 5.01. The fraction of sp³-hybridized carbons (Fsp3) is 0.500. The zero-order chi connectivity index (χ0) is 15.9. The molecule has 0 saturated carbocycles. The van der Waals surface area contributed by atoms with Gasteiger partial charge >= 0.3 is 5.97 Å². The fourth-order valence-electron chi connectivity index (χ4n) is 2.42. The molecular formula is C16H23N3O3. The second-order valence-electron chi connectivity index (χ2n) is 5.18. The Morgan fingerprint density at radius 1 is 1.41 bits per heavy atom. The molecule has 0 fully saturated rings. The quantitative estimate of drug-likeness (QED) is 0.831. The van der Waals surface area contributed by atoms with Crippen LogP contribution in [0.25, 0.3) is 0 Å². The first kappa shape index (κ1) is 16.1. The molecule has 1 aliphatic heterocycles. The zero-order valence-corrected chi connectivity index (χ0v) is 13.4. The van der Waals surface area contributed by atoms with Gasteiger partial charge in [0.15, 0.2) is 5.96 Å². The topological polar surface area (TPSA) is 63.2 Å². The number of guanidine groups is 1. The van der Waals surface area contributed by atoms with Gasteiger partial charge in [-0.1, -0.05) is 6.07 Å². The number of aliphatic imine (C=N–C) groups is 1. The summed E-state index contributed by atoms with van der Waals surface area (Å²) in [6.45, 7) is 2.67. The maximum Gasteiger partial charge on any atom is 0.337 e. The molecule has 0 bridgehead atoms. The minimum atomic E-state index is -0.360. The number of esters is 1. The third-order valence-corrected chi connectivity index (χ3v) is 3.66. The lowest BCUT2D eigenvalue weighted by Crippen LogP contribution is -2.42. The average Bonchev–Trinajstić information content (AvgIpc) is 2.56. The van der Waals surface area contributed by atoms with Crippen LogP contribution < -0.4 is 10.1 Å². The molecular weight excluding hydrogens is 282 g/mol. The summed E-state index contributed by atoms with van der Waals surface area (Å²) in [6, 6.07) is 5.37. The van der Waals surface area contributed by atoms with Crippen molar-refractivity contribution in [2.45, 2.75) is 12.8 Å². The van der Waals surface area contributed by atoms with E-state index < -0.39 is 0 Å². The lowest BCUT2D eigenvalue weighted by Gasteiger charge is -2.25. The molecule has 1 aromatic rings. The van der Waals surface area contributed by atoms with E-state index in [0.29, 0.717) is 11.3 Å². The van der Waals surface area contributed by atoms with Crippen LogP contribution in [0.5, 0.6) is 5.75 Å². The van der Waals surface area contributed by atoms with Crippen LogP contribution in [0.3, 0.4) is 0 Å². The van der Waals surface area contributed by atoms with Crippen LogP contribution in [0.1, 0.15) is 22.3 Å². The number of hydrogen-bond acceptors (Lipinski definition) is 6. The summed E-state index contributed by atoms with van der Waals surface area (Å²) in [5.74, 6) is 1.28. The third kappa shape index (κ3) is 3.90. The molecule has 1 N–H and O–H groups in total.